The smallest absolute Gasteiger partial charge is 0.144 e. The van der Waals surface area contributed by atoms with Gasteiger partial charge in [0.1, 0.15) is 5.82 Å². The fraction of sp³-hybridized carbons (Fsp3) is 0.125. The second-order valence-corrected chi connectivity index (χ2v) is 3.44. The lowest BCUT2D eigenvalue weighted by Gasteiger charge is -2.03. The SMILES string of the molecule is Cc1c(C#N)cc(F)c(Cl)c1Br. The summed E-state index contributed by atoms with van der Waals surface area (Å²) < 4.78 is 13.3. The summed E-state index contributed by atoms with van der Waals surface area (Å²) in [6, 6.07) is 3.00. The largest absolute Gasteiger partial charge is 0.205 e. The molecule has 0 fully saturated rings. The zero-order chi connectivity index (χ0) is 9.30. The maximum absolute atomic E-state index is 12.9. The van der Waals surface area contributed by atoms with Crippen molar-refractivity contribution in [2.75, 3.05) is 0 Å². The van der Waals surface area contributed by atoms with Crippen molar-refractivity contribution in [1.82, 2.24) is 0 Å². The van der Waals surface area contributed by atoms with Crippen molar-refractivity contribution in [3.05, 3.63) is 32.5 Å². The molecule has 0 saturated carbocycles. The normalized spacial score (nSPS) is 9.58. The molecule has 0 saturated heterocycles. The van der Waals surface area contributed by atoms with Crippen LogP contribution in [0, 0.1) is 24.1 Å². The Balaban J connectivity index is 3.52. The molecule has 1 nitrogen and oxygen atoms in total. The number of hydrogen-bond donors (Lipinski definition) is 0. The summed E-state index contributed by atoms with van der Waals surface area (Å²) in [6.45, 7) is 1.70. The molecule has 12 heavy (non-hydrogen) atoms. The highest BCUT2D eigenvalue weighted by Gasteiger charge is 2.11. The van der Waals surface area contributed by atoms with Crippen LogP contribution in [0.3, 0.4) is 0 Å². The summed E-state index contributed by atoms with van der Waals surface area (Å²) in [4.78, 5) is 0. The molecule has 0 atom stereocenters. The van der Waals surface area contributed by atoms with Crippen molar-refractivity contribution in [1.29, 1.82) is 5.26 Å². The Morgan fingerprint density at radius 1 is 1.67 bits per heavy atom. The van der Waals surface area contributed by atoms with E-state index in [4.69, 9.17) is 16.9 Å². The van der Waals surface area contributed by atoms with Crippen LogP contribution in [-0.4, -0.2) is 0 Å². The van der Waals surface area contributed by atoms with Crippen molar-refractivity contribution in [3.63, 3.8) is 0 Å². The summed E-state index contributed by atoms with van der Waals surface area (Å²) in [5, 5.41) is 8.60. The van der Waals surface area contributed by atoms with Gasteiger partial charge in [0.15, 0.2) is 0 Å². The van der Waals surface area contributed by atoms with Crippen LogP contribution in [0.15, 0.2) is 10.5 Å². The highest BCUT2D eigenvalue weighted by atomic mass is 79.9. The van der Waals surface area contributed by atoms with Gasteiger partial charge in [0.2, 0.25) is 0 Å². The molecule has 0 radical (unpaired) electrons. The van der Waals surface area contributed by atoms with E-state index in [1.807, 2.05) is 6.07 Å². The number of benzene rings is 1. The third-order valence-electron chi connectivity index (χ3n) is 1.53. The van der Waals surface area contributed by atoms with Crippen molar-refractivity contribution in [2.45, 2.75) is 6.92 Å². The maximum atomic E-state index is 12.9. The van der Waals surface area contributed by atoms with Gasteiger partial charge in [-0.25, -0.2) is 4.39 Å². The minimum Gasteiger partial charge on any atom is -0.205 e. The molecule has 0 unspecified atom stereocenters. The Morgan fingerprint density at radius 3 is 2.75 bits per heavy atom. The Kier molecular flexibility index (Phi) is 2.71. The first-order valence-corrected chi connectivity index (χ1v) is 4.29. The van der Waals surface area contributed by atoms with Gasteiger partial charge in [-0.2, -0.15) is 5.26 Å². The first-order chi connectivity index (χ1) is 5.57. The van der Waals surface area contributed by atoms with E-state index in [9.17, 15) is 4.39 Å². The van der Waals surface area contributed by atoms with Gasteiger partial charge in [-0.1, -0.05) is 11.6 Å². The van der Waals surface area contributed by atoms with Crippen LogP contribution in [0.1, 0.15) is 11.1 Å². The summed E-state index contributed by atoms with van der Waals surface area (Å²) in [7, 11) is 0. The number of hydrogen-bond acceptors (Lipinski definition) is 1. The molecule has 0 aliphatic carbocycles. The molecule has 0 aliphatic heterocycles. The van der Waals surface area contributed by atoms with Crippen LogP contribution in [0.4, 0.5) is 4.39 Å². The van der Waals surface area contributed by atoms with Crippen LogP contribution in [0.2, 0.25) is 5.02 Å². The van der Waals surface area contributed by atoms with Crippen LogP contribution in [0.5, 0.6) is 0 Å². The lowest BCUT2D eigenvalue weighted by molar-refractivity contribution is 0.626. The quantitative estimate of drug-likeness (QED) is 0.645. The highest BCUT2D eigenvalue weighted by Crippen LogP contribution is 2.30. The Morgan fingerprint density at radius 2 is 2.25 bits per heavy atom. The van der Waals surface area contributed by atoms with Crippen molar-refractivity contribution in [3.8, 4) is 6.07 Å². The molecule has 1 rings (SSSR count). The number of nitriles is 1. The lowest BCUT2D eigenvalue weighted by atomic mass is 10.1. The molecule has 0 N–H and O–H groups in total. The van der Waals surface area contributed by atoms with Gasteiger partial charge in [0, 0.05) is 4.47 Å². The van der Waals surface area contributed by atoms with Crippen LogP contribution < -0.4 is 0 Å². The third kappa shape index (κ3) is 1.45. The van der Waals surface area contributed by atoms with E-state index in [1.54, 1.807) is 6.92 Å². The molecule has 62 valence electrons. The van der Waals surface area contributed by atoms with Crippen LogP contribution >= 0.6 is 27.5 Å². The fourth-order valence-corrected chi connectivity index (χ4v) is 1.40. The predicted molar refractivity (Wildman–Crippen MR) is 48.6 cm³/mol. The second-order valence-electron chi connectivity index (χ2n) is 2.27. The summed E-state index contributed by atoms with van der Waals surface area (Å²) in [5.74, 6) is -0.578. The number of halogens is 3. The molecule has 0 spiro atoms. The van der Waals surface area contributed by atoms with E-state index < -0.39 is 5.82 Å². The van der Waals surface area contributed by atoms with E-state index >= 15 is 0 Å². The zero-order valence-electron chi connectivity index (χ0n) is 6.16. The minimum atomic E-state index is -0.578. The topological polar surface area (TPSA) is 23.8 Å². The third-order valence-corrected chi connectivity index (χ3v) is 3.12. The lowest BCUT2D eigenvalue weighted by Crippen LogP contribution is -1.88. The average Bonchev–Trinajstić information content (AvgIpc) is 2.08. The van der Waals surface area contributed by atoms with E-state index in [1.165, 1.54) is 0 Å². The Hall–Kier alpha value is -0.590. The van der Waals surface area contributed by atoms with E-state index in [2.05, 4.69) is 15.9 Å². The zero-order valence-corrected chi connectivity index (χ0v) is 8.50. The monoisotopic (exact) mass is 247 g/mol. The molecule has 0 aromatic heterocycles. The summed E-state index contributed by atoms with van der Waals surface area (Å²) in [6.07, 6.45) is 0. The van der Waals surface area contributed by atoms with Gasteiger partial charge < -0.3 is 0 Å². The summed E-state index contributed by atoms with van der Waals surface area (Å²) >= 11 is 8.68. The van der Waals surface area contributed by atoms with Crippen molar-refractivity contribution in [2.24, 2.45) is 0 Å². The summed E-state index contributed by atoms with van der Waals surface area (Å²) in [5.41, 5.74) is 0.952. The molecule has 0 heterocycles. The Labute approximate surface area is 82.9 Å². The molecule has 1 aromatic carbocycles. The minimum absolute atomic E-state index is 0.0199. The van der Waals surface area contributed by atoms with Gasteiger partial charge in [-0.3, -0.25) is 0 Å². The van der Waals surface area contributed by atoms with E-state index in [0.29, 0.717) is 15.6 Å². The number of rotatable bonds is 0. The Bertz CT molecular complexity index is 370. The highest BCUT2D eigenvalue weighted by molar-refractivity contribution is 9.10. The molecule has 0 amide bonds. The van der Waals surface area contributed by atoms with Crippen molar-refractivity contribution >= 4 is 27.5 Å². The predicted octanol–water partition coefficient (Wildman–Crippen LogP) is 3.42. The van der Waals surface area contributed by atoms with E-state index in [-0.39, 0.29) is 5.02 Å². The van der Waals surface area contributed by atoms with Crippen LogP contribution in [-0.2, 0) is 0 Å². The van der Waals surface area contributed by atoms with Gasteiger partial charge >= 0.3 is 0 Å². The average molecular weight is 248 g/mol. The van der Waals surface area contributed by atoms with Crippen molar-refractivity contribution < 1.29 is 4.39 Å². The molecule has 1 aromatic rings. The second kappa shape index (κ2) is 3.42. The maximum Gasteiger partial charge on any atom is 0.144 e. The molecule has 0 aliphatic rings. The first-order valence-electron chi connectivity index (χ1n) is 3.12. The first kappa shape index (κ1) is 9.50. The van der Waals surface area contributed by atoms with Gasteiger partial charge in [-0.05, 0) is 34.5 Å². The molecule has 0 bridgehead atoms. The molecular weight excluding hydrogens is 244 g/mol. The van der Waals surface area contributed by atoms with Crippen LogP contribution in [0.25, 0.3) is 0 Å². The van der Waals surface area contributed by atoms with E-state index in [0.717, 1.165) is 6.07 Å². The standard InChI is InChI=1S/C8H4BrClFN/c1-4-5(3-12)2-6(11)8(10)7(4)9/h2H,1H3. The molecular formula is C8H4BrClFN. The number of nitrogens with zero attached hydrogens (tertiary/aromatic N) is 1. The van der Waals surface area contributed by atoms with Gasteiger partial charge in [0.25, 0.3) is 0 Å². The fourth-order valence-electron chi connectivity index (χ4n) is 0.802. The van der Waals surface area contributed by atoms with Gasteiger partial charge in [0.05, 0.1) is 16.7 Å². The van der Waals surface area contributed by atoms with Gasteiger partial charge in [-0.15, -0.1) is 0 Å². The molecule has 4 heteroatoms.